The average molecular weight is 301 g/mol. The quantitative estimate of drug-likeness (QED) is 0.521. The van der Waals surface area contributed by atoms with Crippen LogP contribution in [0.25, 0.3) is 11.6 Å². The van der Waals surface area contributed by atoms with Crippen molar-refractivity contribution in [3.8, 4) is 0 Å². The van der Waals surface area contributed by atoms with Crippen molar-refractivity contribution >= 4 is 40.5 Å². The third kappa shape index (κ3) is 2.39. The zero-order valence-electron chi connectivity index (χ0n) is 10.7. The van der Waals surface area contributed by atoms with E-state index in [4.69, 9.17) is 11.6 Å². The van der Waals surface area contributed by atoms with Gasteiger partial charge in [0.15, 0.2) is 0 Å². The molecule has 1 aliphatic heterocycles. The summed E-state index contributed by atoms with van der Waals surface area (Å²) in [5, 5.41) is 14.2. The number of nitrogens with zero attached hydrogens (tertiary/aromatic N) is 1. The number of hydrogen-bond acceptors (Lipinski definition) is 3. The highest BCUT2D eigenvalue weighted by Crippen LogP contribution is 2.35. The van der Waals surface area contributed by atoms with Crippen molar-refractivity contribution in [2.75, 3.05) is 5.32 Å². The van der Waals surface area contributed by atoms with Crippen LogP contribution < -0.4 is 5.32 Å². The van der Waals surface area contributed by atoms with Crippen LogP contribution in [-0.2, 0) is 4.79 Å². The van der Waals surface area contributed by atoms with Gasteiger partial charge >= 0.3 is 0 Å². The molecule has 0 saturated heterocycles. The molecule has 0 aromatic heterocycles. The minimum absolute atomic E-state index is 0.0479. The van der Waals surface area contributed by atoms with Gasteiger partial charge in [-0.2, -0.15) is 0 Å². The van der Waals surface area contributed by atoms with Gasteiger partial charge in [0.1, 0.15) is 0 Å². The molecule has 0 fully saturated rings. The van der Waals surface area contributed by atoms with Crippen LogP contribution in [0.1, 0.15) is 11.1 Å². The number of carbonyl (C=O) groups excluding carboxylic acids is 1. The Morgan fingerprint density at radius 1 is 1.19 bits per heavy atom. The van der Waals surface area contributed by atoms with E-state index in [-0.39, 0.29) is 11.6 Å². The number of para-hydroxylation sites is 1. The van der Waals surface area contributed by atoms with Crippen LogP contribution in [0.15, 0.2) is 42.5 Å². The summed E-state index contributed by atoms with van der Waals surface area (Å²) in [6.45, 7) is 0. The number of amides is 1. The first-order valence-electron chi connectivity index (χ1n) is 6.12. The van der Waals surface area contributed by atoms with E-state index < -0.39 is 4.92 Å². The highest BCUT2D eigenvalue weighted by molar-refractivity contribution is 6.36. The standard InChI is InChI=1S/C15H9ClN2O3/c16-10-5-6-13-11(8-10)12(15(19)17-13)7-9-3-1-2-4-14(9)18(20)21/h1-8H,(H,17,19). The average Bonchev–Trinajstić information content (AvgIpc) is 2.75. The van der Waals surface area contributed by atoms with Gasteiger partial charge in [0.2, 0.25) is 0 Å². The molecular weight excluding hydrogens is 292 g/mol. The first-order chi connectivity index (χ1) is 10.1. The molecule has 0 unspecified atom stereocenters. The van der Waals surface area contributed by atoms with E-state index in [0.717, 1.165) is 0 Å². The van der Waals surface area contributed by atoms with Crippen molar-refractivity contribution in [1.82, 2.24) is 0 Å². The predicted octanol–water partition coefficient (Wildman–Crippen LogP) is 3.74. The van der Waals surface area contributed by atoms with Gasteiger partial charge in [0, 0.05) is 27.9 Å². The number of halogens is 1. The van der Waals surface area contributed by atoms with Gasteiger partial charge in [0.25, 0.3) is 11.6 Å². The lowest BCUT2D eigenvalue weighted by molar-refractivity contribution is -0.385. The van der Waals surface area contributed by atoms with Gasteiger partial charge in [-0.1, -0.05) is 23.7 Å². The molecule has 0 saturated carbocycles. The Bertz CT molecular complexity index is 799. The number of fused-ring (bicyclic) bond motifs is 1. The molecule has 0 radical (unpaired) electrons. The van der Waals surface area contributed by atoms with Gasteiger partial charge in [-0.25, -0.2) is 0 Å². The molecule has 1 heterocycles. The molecular formula is C15H9ClN2O3. The topological polar surface area (TPSA) is 72.2 Å². The molecule has 2 aromatic rings. The van der Waals surface area contributed by atoms with Gasteiger partial charge < -0.3 is 5.32 Å². The minimum atomic E-state index is -0.474. The lowest BCUT2D eigenvalue weighted by atomic mass is 10.0. The number of nitro groups is 1. The zero-order chi connectivity index (χ0) is 15.0. The first-order valence-corrected chi connectivity index (χ1v) is 6.50. The van der Waals surface area contributed by atoms with Crippen molar-refractivity contribution in [2.24, 2.45) is 0 Å². The van der Waals surface area contributed by atoms with E-state index in [1.165, 1.54) is 12.1 Å². The molecule has 5 nitrogen and oxygen atoms in total. The molecule has 3 rings (SSSR count). The fraction of sp³-hybridized carbons (Fsp3) is 0. The summed E-state index contributed by atoms with van der Waals surface area (Å²) in [7, 11) is 0. The van der Waals surface area contributed by atoms with Crippen molar-refractivity contribution in [3.63, 3.8) is 0 Å². The van der Waals surface area contributed by atoms with E-state index >= 15 is 0 Å². The Balaban J connectivity index is 2.16. The van der Waals surface area contributed by atoms with E-state index in [1.807, 2.05) is 0 Å². The Labute approximate surface area is 125 Å². The summed E-state index contributed by atoms with van der Waals surface area (Å²) in [6, 6.07) is 11.3. The number of rotatable bonds is 2. The fourth-order valence-corrected chi connectivity index (χ4v) is 2.41. The van der Waals surface area contributed by atoms with Gasteiger partial charge in [-0.3, -0.25) is 14.9 Å². The number of carbonyl (C=O) groups is 1. The minimum Gasteiger partial charge on any atom is -0.321 e. The molecule has 2 aromatic carbocycles. The third-order valence-electron chi connectivity index (χ3n) is 3.20. The van der Waals surface area contributed by atoms with Crippen molar-refractivity contribution < 1.29 is 9.72 Å². The second-order valence-electron chi connectivity index (χ2n) is 4.52. The van der Waals surface area contributed by atoms with E-state index in [2.05, 4.69) is 5.32 Å². The maximum atomic E-state index is 12.0. The van der Waals surface area contributed by atoms with Crippen LogP contribution in [0.2, 0.25) is 5.02 Å². The molecule has 0 spiro atoms. The number of benzene rings is 2. The number of hydrogen-bond donors (Lipinski definition) is 1. The van der Waals surface area contributed by atoms with Crippen LogP contribution in [-0.4, -0.2) is 10.8 Å². The molecule has 1 aliphatic rings. The maximum Gasteiger partial charge on any atom is 0.276 e. The van der Waals surface area contributed by atoms with E-state index in [0.29, 0.717) is 27.4 Å². The fourth-order valence-electron chi connectivity index (χ4n) is 2.23. The lowest BCUT2D eigenvalue weighted by Crippen LogP contribution is -2.03. The van der Waals surface area contributed by atoms with Crippen molar-refractivity contribution in [2.45, 2.75) is 0 Å². The highest BCUT2D eigenvalue weighted by atomic mass is 35.5. The monoisotopic (exact) mass is 300 g/mol. The smallest absolute Gasteiger partial charge is 0.276 e. The van der Waals surface area contributed by atoms with Crippen molar-refractivity contribution in [1.29, 1.82) is 0 Å². The maximum absolute atomic E-state index is 12.0. The second kappa shape index (κ2) is 5.03. The highest BCUT2D eigenvalue weighted by Gasteiger charge is 2.25. The molecule has 104 valence electrons. The molecule has 21 heavy (non-hydrogen) atoms. The summed E-state index contributed by atoms with van der Waals surface area (Å²) in [6.07, 6.45) is 1.51. The van der Waals surface area contributed by atoms with Crippen LogP contribution in [0.5, 0.6) is 0 Å². The van der Waals surface area contributed by atoms with Gasteiger partial charge in [-0.15, -0.1) is 0 Å². The normalized spacial score (nSPS) is 14.9. The van der Waals surface area contributed by atoms with Crippen LogP contribution in [0, 0.1) is 10.1 Å². The molecule has 1 N–H and O–H groups in total. The van der Waals surface area contributed by atoms with Gasteiger partial charge in [0.05, 0.1) is 10.5 Å². The first kappa shape index (κ1) is 13.3. The SMILES string of the molecule is O=C1Nc2ccc(Cl)cc2C1=Cc1ccccc1[N+](=O)[O-]. The van der Waals surface area contributed by atoms with Crippen LogP contribution in [0.4, 0.5) is 11.4 Å². The Morgan fingerprint density at radius 2 is 1.95 bits per heavy atom. The number of nitro benzene ring substituents is 1. The molecule has 6 heteroatoms. The van der Waals surface area contributed by atoms with E-state index in [9.17, 15) is 14.9 Å². The summed E-state index contributed by atoms with van der Waals surface area (Å²) < 4.78 is 0. The molecule has 0 bridgehead atoms. The lowest BCUT2D eigenvalue weighted by Gasteiger charge is -2.00. The number of anilines is 1. The van der Waals surface area contributed by atoms with Gasteiger partial charge in [-0.05, 0) is 30.3 Å². The second-order valence-corrected chi connectivity index (χ2v) is 4.95. The summed E-state index contributed by atoms with van der Waals surface area (Å²) in [5.41, 5.74) is 1.98. The van der Waals surface area contributed by atoms with Crippen LogP contribution >= 0.6 is 11.6 Å². The molecule has 0 atom stereocenters. The largest absolute Gasteiger partial charge is 0.321 e. The summed E-state index contributed by atoms with van der Waals surface area (Å²) >= 11 is 5.95. The number of nitrogens with one attached hydrogen (secondary N) is 1. The van der Waals surface area contributed by atoms with E-state index in [1.54, 1.807) is 36.4 Å². The third-order valence-corrected chi connectivity index (χ3v) is 3.43. The summed E-state index contributed by atoms with van der Waals surface area (Å²) in [5.74, 6) is -0.301. The Kier molecular flexibility index (Phi) is 3.19. The molecule has 0 aliphatic carbocycles. The summed E-state index contributed by atoms with van der Waals surface area (Å²) in [4.78, 5) is 22.6. The Morgan fingerprint density at radius 3 is 2.71 bits per heavy atom. The van der Waals surface area contributed by atoms with Crippen LogP contribution in [0.3, 0.4) is 0 Å². The predicted molar refractivity (Wildman–Crippen MR) is 81.0 cm³/mol. The zero-order valence-corrected chi connectivity index (χ0v) is 11.4. The van der Waals surface area contributed by atoms with Crippen molar-refractivity contribution in [3.05, 3.63) is 68.7 Å². The Hall–Kier alpha value is -2.66. The molecule has 1 amide bonds.